The Morgan fingerprint density at radius 1 is 1.20 bits per heavy atom. The molecule has 0 unspecified atom stereocenters. The monoisotopic (exact) mass is 354 g/mol. The average molecular weight is 354 g/mol. The second-order valence-corrected chi connectivity index (χ2v) is 6.71. The Morgan fingerprint density at radius 2 is 2.00 bits per heavy atom. The molecule has 2 N–H and O–H groups in total. The van der Waals surface area contributed by atoms with Crippen LogP contribution in [0.4, 0.5) is 5.69 Å². The lowest BCUT2D eigenvalue weighted by atomic mass is 10.2. The fraction of sp³-hybridized carbons (Fsp3) is 0.158. The van der Waals surface area contributed by atoms with Crippen LogP contribution in [0.15, 0.2) is 57.9 Å². The van der Waals surface area contributed by atoms with Gasteiger partial charge in [0.25, 0.3) is 5.91 Å². The van der Waals surface area contributed by atoms with Gasteiger partial charge in [-0.1, -0.05) is 23.4 Å². The zero-order valence-electron chi connectivity index (χ0n) is 13.9. The van der Waals surface area contributed by atoms with E-state index in [-0.39, 0.29) is 11.7 Å². The quantitative estimate of drug-likeness (QED) is 0.520. The summed E-state index contributed by atoms with van der Waals surface area (Å²) in [6.07, 6.45) is 0. The molecule has 0 saturated carbocycles. The number of aromatic hydroxyl groups is 1. The van der Waals surface area contributed by atoms with Gasteiger partial charge in [-0.25, -0.2) is 0 Å². The van der Waals surface area contributed by atoms with Crippen molar-refractivity contribution in [1.29, 1.82) is 0 Å². The number of phenolic OH excluding ortho intramolecular Hbond substituents is 1. The zero-order chi connectivity index (χ0) is 17.8. The molecule has 1 aromatic heterocycles. The minimum Gasteiger partial charge on any atom is -0.506 e. The topological polar surface area (TPSA) is 75.4 Å². The number of hydrogen-bond donors (Lipinski definition) is 2. The van der Waals surface area contributed by atoms with Gasteiger partial charge in [0.15, 0.2) is 0 Å². The molecule has 2 aromatic carbocycles. The van der Waals surface area contributed by atoms with Gasteiger partial charge in [-0.05, 0) is 43.7 Å². The third-order valence-corrected chi connectivity index (χ3v) is 4.68. The van der Waals surface area contributed by atoms with E-state index in [0.717, 1.165) is 21.9 Å². The molecular formula is C19H18N2O3S. The Labute approximate surface area is 150 Å². The number of nitrogens with one attached hydrogen (secondary N) is 1. The van der Waals surface area contributed by atoms with E-state index in [0.29, 0.717) is 17.0 Å². The summed E-state index contributed by atoms with van der Waals surface area (Å²) in [5.74, 6) is 1.13. The lowest BCUT2D eigenvalue weighted by molar-refractivity contribution is 0.102. The van der Waals surface area contributed by atoms with Crippen molar-refractivity contribution < 1.29 is 14.4 Å². The number of nitrogens with zero attached hydrogens (tertiary/aromatic N) is 1. The van der Waals surface area contributed by atoms with Crippen LogP contribution in [-0.2, 0) is 5.75 Å². The molecule has 0 aliphatic heterocycles. The van der Waals surface area contributed by atoms with Crippen molar-refractivity contribution in [3.8, 4) is 5.75 Å². The number of carbonyl (C=O) groups excluding carboxylic acids is 1. The summed E-state index contributed by atoms with van der Waals surface area (Å²) in [6.45, 7) is 3.75. The number of aryl methyl sites for hydroxylation is 2. The number of anilines is 1. The van der Waals surface area contributed by atoms with E-state index in [1.807, 2.05) is 44.2 Å². The minimum absolute atomic E-state index is 0.0515. The molecule has 5 nitrogen and oxygen atoms in total. The van der Waals surface area contributed by atoms with Crippen molar-refractivity contribution in [3.05, 3.63) is 71.1 Å². The van der Waals surface area contributed by atoms with Gasteiger partial charge in [0.1, 0.15) is 11.5 Å². The van der Waals surface area contributed by atoms with E-state index < -0.39 is 0 Å². The average Bonchev–Trinajstić information content (AvgIpc) is 3.01. The summed E-state index contributed by atoms with van der Waals surface area (Å²) in [5, 5.41) is 16.6. The predicted molar refractivity (Wildman–Crippen MR) is 98.0 cm³/mol. The van der Waals surface area contributed by atoms with Gasteiger partial charge in [0.05, 0.1) is 22.7 Å². The van der Waals surface area contributed by atoms with Crippen molar-refractivity contribution in [2.24, 2.45) is 0 Å². The summed E-state index contributed by atoms with van der Waals surface area (Å²) < 4.78 is 5.20. The molecule has 0 fully saturated rings. The van der Waals surface area contributed by atoms with Gasteiger partial charge >= 0.3 is 0 Å². The lowest BCUT2D eigenvalue weighted by Crippen LogP contribution is -2.13. The molecule has 128 valence electrons. The molecule has 6 heteroatoms. The molecule has 3 rings (SSSR count). The third-order valence-electron chi connectivity index (χ3n) is 3.58. The number of benzene rings is 2. The number of hydrogen-bond acceptors (Lipinski definition) is 5. The standard InChI is InChI=1S/C19H18N2O3S/c1-12-7-8-16(17(22)9-12)20-19(23)15-5-3-4-6-18(15)25-11-14-10-13(2)21-24-14/h3-10,22H,11H2,1-2H3,(H,20,23). The fourth-order valence-electron chi connectivity index (χ4n) is 2.35. The Bertz CT molecular complexity index is 905. The summed E-state index contributed by atoms with van der Waals surface area (Å²) in [6, 6.07) is 14.4. The van der Waals surface area contributed by atoms with E-state index in [2.05, 4.69) is 10.5 Å². The Kier molecular flexibility index (Phi) is 5.09. The molecule has 1 amide bonds. The smallest absolute Gasteiger partial charge is 0.256 e. The van der Waals surface area contributed by atoms with Gasteiger partial charge in [0.2, 0.25) is 0 Å². The Morgan fingerprint density at radius 3 is 2.72 bits per heavy atom. The molecule has 0 saturated heterocycles. The maximum absolute atomic E-state index is 12.6. The normalized spacial score (nSPS) is 10.6. The third kappa shape index (κ3) is 4.22. The van der Waals surface area contributed by atoms with E-state index in [9.17, 15) is 9.90 Å². The first-order chi connectivity index (χ1) is 12.0. The first kappa shape index (κ1) is 17.1. The lowest BCUT2D eigenvalue weighted by Gasteiger charge is -2.11. The van der Waals surface area contributed by atoms with Crippen LogP contribution >= 0.6 is 11.8 Å². The highest BCUT2D eigenvalue weighted by atomic mass is 32.2. The second-order valence-electron chi connectivity index (χ2n) is 5.69. The molecular weight excluding hydrogens is 336 g/mol. The molecule has 3 aromatic rings. The first-order valence-electron chi connectivity index (χ1n) is 7.78. The Hall–Kier alpha value is -2.73. The van der Waals surface area contributed by atoms with E-state index in [1.54, 1.807) is 18.2 Å². The van der Waals surface area contributed by atoms with Gasteiger partial charge in [-0.3, -0.25) is 4.79 Å². The molecule has 0 atom stereocenters. The van der Waals surface area contributed by atoms with Crippen LogP contribution < -0.4 is 5.32 Å². The van der Waals surface area contributed by atoms with Crippen LogP contribution in [0.2, 0.25) is 0 Å². The molecule has 0 radical (unpaired) electrons. The van der Waals surface area contributed by atoms with Crippen molar-refractivity contribution >= 4 is 23.4 Å². The number of carbonyl (C=O) groups is 1. The minimum atomic E-state index is -0.268. The van der Waals surface area contributed by atoms with Crippen LogP contribution in [0.5, 0.6) is 5.75 Å². The first-order valence-corrected chi connectivity index (χ1v) is 8.76. The molecule has 0 bridgehead atoms. The maximum atomic E-state index is 12.6. The summed E-state index contributed by atoms with van der Waals surface area (Å²) in [5.41, 5.74) is 2.69. The van der Waals surface area contributed by atoms with Crippen LogP contribution in [0, 0.1) is 13.8 Å². The van der Waals surface area contributed by atoms with Crippen molar-refractivity contribution in [2.45, 2.75) is 24.5 Å². The number of amides is 1. The highest BCUT2D eigenvalue weighted by Crippen LogP contribution is 2.29. The molecule has 0 spiro atoms. The summed E-state index contributed by atoms with van der Waals surface area (Å²) in [4.78, 5) is 13.5. The molecule has 25 heavy (non-hydrogen) atoms. The van der Waals surface area contributed by atoms with Crippen LogP contribution in [0.25, 0.3) is 0 Å². The van der Waals surface area contributed by atoms with Gasteiger partial charge in [0, 0.05) is 11.0 Å². The van der Waals surface area contributed by atoms with Gasteiger partial charge < -0.3 is 14.9 Å². The Balaban J connectivity index is 1.76. The fourth-order valence-corrected chi connectivity index (χ4v) is 3.28. The SMILES string of the molecule is Cc1ccc(NC(=O)c2ccccc2SCc2cc(C)no2)c(O)c1. The van der Waals surface area contributed by atoms with Crippen LogP contribution in [0.3, 0.4) is 0 Å². The number of aromatic nitrogens is 1. The molecule has 1 heterocycles. The molecule has 0 aliphatic rings. The highest BCUT2D eigenvalue weighted by molar-refractivity contribution is 7.98. The van der Waals surface area contributed by atoms with E-state index in [1.165, 1.54) is 11.8 Å². The van der Waals surface area contributed by atoms with Gasteiger partial charge in [-0.15, -0.1) is 11.8 Å². The zero-order valence-corrected chi connectivity index (χ0v) is 14.8. The van der Waals surface area contributed by atoms with Crippen LogP contribution in [0.1, 0.15) is 27.4 Å². The molecule has 0 aliphatic carbocycles. The van der Waals surface area contributed by atoms with Crippen molar-refractivity contribution in [3.63, 3.8) is 0 Å². The summed E-state index contributed by atoms with van der Waals surface area (Å²) in [7, 11) is 0. The van der Waals surface area contributed by atoms with Gasteiger partial charge in [-0.2, -0.15) is 0 Å². The predicted octanol–water partition coefficient (Wildman–Crippen LogP) is 4.54. The van der Waals surface area contributed by atoms with E-state index in [4.69, 9.17) is 4.52 Å². The second kappa shape index (κ2) is 7.44. The van der Waals surface area contributed by atoms with E-state index >= 15 is 0 Å². The maximum Gasteiger partial charge on any atom is 0.256 e. The van der Waals surface area contributed by atoms with Crippen molar-refractivity contribution in [2.75, 3.05) is 5.32 Å². The number of rotatable bonds is 5. The number of phenols is 1. The van der Waals surface area contributed by atoms with Crippen LogP contribution in [-0.4, -0.2) is 16.2 Å². The highest BCUT2D eigenvalue weighted by Gasteiger charge is 2.14. The number of thioether (sulfide) groups is 1. The summed E-state index contributed by atoms with van der Waals surface area (Å²) >= 11 is 1.50. The largest absolute Gasteiger partial charge is 0.506 e. The van der Waals surface area contributed by atoms with Crippen molar-refractivity contribution in [1.82, 2.24) is 5.16 Å².